The second-order valence-electron chi connectivity index (χ2n) is 6.40. The number of halogens is 1. The molecule has 6 nitrogen and oxygen atoms in total. The molecule has 160 valence electrons. The van der Waals surface area contributed by atoms with Gasteiger partial charge in [0.15, 0.2) is 5.96 Å². The van der Waals surface area contributed by atoms with Gasteiger partial charge in [-0.2, -0.15) is 0 Å². The van der Waals surface area contributed by atoms with Crippen LogP contribution in [0.2, 0.25) is 0 Å². The molecule has 0 aromatic heterocycles. The molecule has 2 rings (SSSR count). The molecule has 7 heteroatoms. The molecule has 0 bridgehead atoms. The summed E-state index contributed by atoms with van der Waals surface area (Å²) in [5.41, 5.74) is 2.14. The number of hydrogen-bond donors (Lipinski definition) is 3. The van der Waals surface area contributed by atoms with Gasteiger partial charge in [0.05, 0.1) is 13.2 Å². The maximum absolute atomic E-state index is 10.2. The fraction of sp³-hybridized carbons (Fsp3) is 0.409. The predicted octanol–water partition coefficient (Wildman–Crippen LogP) is 3.51. The van der Waals surface area contributed by atoms with Crippen molar-refractivity contribution in [1.82, 2.24) is 10.6 Å². The van der Waals surface area contributed by atoms with Crippen LogP contribution in [0.5, 0.6) is 11.5 Å². The van der Waals surface area contributed by atoms with Crippen molar-refractivity contribution < 1.29 is 14.6 Å². The molecule has 0 saturated heterocycles. The van der Waals surface area contributed by atoms with E-state index in [0.717, 1.165) is 29.2 Å². The predicted molar refractivity (Wildman–Crippen MR) is 129 cm³/mol. The van der Waals surface area contributed by atoms with Crippen molar-refractivity contribution in [2.24, 2.45) is 4.99 Å². The van der Waals surface area contributed by atoms with Gasteiger partial charge in [0.1, 0.15) is 24.2 Å². The molecule has 0 aliphatic carbocycles. The monoisotopic (exact) mass is 513 g/mol. The summed E-state index contributed by atoms with van der Waals surface area (Å²) in [6.07, 6.45) is -0.653. The van der Waals surface area contributed by atoms with E-state index in [1.807, 2.05) is 69.3 Å². The van der Waals surface area contributed by atoms with Crippen molar-refractivity contribution in [2.75, 3.05) is 26.3 Å². The number of aryl methyl sites for hydroxylation is 1. The van der Waals surface area contributed by atoms with E-state index < -0.39 is 6.10 Å². The van der Waals surface area contributed by atoms with Crippen molar-refractivity contribution in [3.8, 4) is 11.5 Å². The molecule has 2 aromatic rings. The maximum atomic E-state index is 10.2. The quantitative estimate of drug-likeness (QED) is 0.258. The van der Waals surface area contributed by atoms with Crippen molar-refractivity contribution in [3.63, 3.8) is 0 Å². The van der Waals surface area contributed by atoms with Gasteiger partial charge in [0.25, 0.3) is 0 Å². The first-order chi connectivity index (χ1) is 13.6. The largest absolute Gasteiger partial charge is 0.494 e. The van der Waals surface area contributed by atoms with Crippen LogP contribution in [0.4, 0.5) is 0 Å². The molecular formula is C22H32IN3O3. The lowest BCUT2D eigenvalue weighted by molar-refractivity contribution is 0.110. The van der Waals surface area contributed by atoms with Crippen LogP contribution < -0.4 is 20.1 Å². The third-order valence-electron chi connectivity index (χ3n) is 3.96. The summed E-state index contributed by atoms with van der Waals surface area (Å²) < 4.78 is 11.3. The average molecular weight is 513 g/mol. The number of guanidine groups is 1. The number of nitrogens with one attached hydrogen (secondary N) is 2. The molecule has 0 heterocycles. The molecule has 0 radical (unpaired) electrons. The standard InChI is InChI=1S/C22H31N3O3.HI/c1-4-23-22(24-14-18-10-6-7-12-21(18)27-5-2)25-15-19(26)16-28-20-11-8-9-17(3)13-20;/h6-13,19,26H,4-5,14-16H2,1-3H3,(H2,23,24,25);1H. The summed E-state index contributed by atoms with van der Waals surface area (Å²) in [6, 6.07) is 15.6. The molecule has 0 amide bonds. The van der Waals surface area contributed by atoms with Crippen molar-refractivity contribution in [3.05, 3.63) is 59.7 Å². The lowest BCUT2D eigenvalue weighted by Gasteiger charge is -2.16. The molecule has 0 aliphatic rings. The first-order valence-electron chi connectivity index (χ1n) is 9.72. The Hall–Kier alpha value is -2.00. The number of benzene rings is 2. The lowest BCUT2D eigenvalue weighted by Crippen LogP contribution is -2.42. The van der Waals surface area contributed by atoms with Crippen LogP contribution in [0.3, 0.4) is 0 Å². The van der Waals surface area contributed by atoms with E-state index in [4.69, 9.17) is 9.47 Å². The zero-order chi connectivity index (χ0) is 20.2. The Labute approximate surface area is 190 Å². The Kier molecular flexibility index (Phi) is 12.1. The van der Waals surface area contributed by atoms with E-state index in [9.17, 15) is 5.11 Å². The minimum Gasteiger partial charge on any atom is -0.494 e. The van der Waals surface area contributed by atoms with Crippen LogP contribution in [0.25, 0.3) is 0 Å². The third kappa shape index (κ3) is 9.36. The molecule has 0 spiro atoms. The number of para-hydroxylation sites is 1. The number of rotatable bonds is 10. The van der Waals surface area contributed by atoms with Gasteiger partial charge in [0, 0.05) is 18.7 Å². The highest BCUT2D eigenvalue weighted by molar-refractivity contribution is 14.0. The van der Waals surface area contributed by atoms with Crippen molar-refractivity contribution >= 4 is 29.9 Å². The first-order valence-corrected chi connectivity index (χ1v) is 9.72. The smallest absolute Gasteiger partial charge is 0.191 e. The number of aliphatic imine (C=N–C) groups is 1. The summed E-state index contributed by atoms with van der Waals surface area (Å²) in [7, 11) is 0. The van der Waals surface area contributed by atoms with Gasteiger partial charge in [-0.05, 0) is 44.5 Å². The molecule has 29 heavy (non-hydrogen) atoms. The lowest BCUT2D eigenvalue weighted by atomic mass is 10.2. The number of ether oxygens (including phenoxy) is 2. The maximum Gasteiger partial charge on any atom is 0.191 e. The first kappa shape index (κ1) is 25.0. The Morgan fingerprint density at radius 1 is 1.07 bits per heavy atom. The third-order valence-corrected chi connectivity index (χ3v) is 3.96. The molecular weight excluding hydrogens is 481 g/mol. The van der Waals surface area contributed by atoms with Crippen LogP contribution in [-0.2, 0) is 6.54 Å². The minimum absolute atomic E-state index is 0. The van der Waals surface area contributed by atoms with E-state index in [1.165, 1.54) is 0 Å². The second kappa shape index (κ2) is 14.1. The highest BCUT2D eigenvalue weighted by Gasteiger charge is 2.08. The normalized spacial score (nSPS) is 11.9. The summed E-state index contributed by atoms with van der Waals surface area (Å²) in [6.45, 7) is 8.36. The summed E-state index contributed by atoms with van der Waals surface area (Å²) in [5, 5.41) is 16.6. The van der Waals surface area contributed by atoms with Crippen LogP contribution in [-0.4, -0.2) is 43.5 Å². The molecule has 0 aliphatic heterocycles. The van der Waals surface area contributed by atoms with Gasteiger partial charge in [-0.1, -0.05) is 30.3 Å². The molecule has 0 saturated carbocycles. The van der Waals surface area contributed by atoms with E-state index >= 15 is 0 Å². The topological polar surface area (TPSA) is 75.1 Å². The van der Waals surface area contributed by atoms with Gasteiger partial charge in [-0.25, -0.2) is 4.99 Å². The molecule has 1 unspecified atom stereocenters. The number of nitrogens with zero attached hydrogens (tertiary/aromatic N) is 1. The Bertz CT molecular complexity index is 756. The van der Waals surface area contributed by atoms with Crippen molar-refractivity contribution in [2.45, 2.75) is 33.4 Å². The zero-order valence-corrected chi connectivity index (χ0v) is 19.7. The van der Waals surface area contributed by atoms with E-state index in [-0.39, 0.29) is 30.6 Å². The zero-order valence-electron chi connectivity index (χ0n) is 17.4. The van der Waals surface area contributed by atoms with Crippen LogP contribution in [0.1, 0.15) is 25.0 Å². The summed E-state index contributed by atoms with van der Waals surface area (Å²) in [5.74, 6) is 2.24. The number of aliphatic hydroxyl groups is 1. The van der Waals surface area contributed by atoms with E-state index in [0.29, 0.717) is 25.7 Å². The van der Waals surface area contributed by atoms with Crippen LogP contribution in [0, 0.1) is 6.92 Å². The Morgan fingerprint density at radius 3 is 2.59 bits per heavy atom. The van der Waals surface area contributed by atoms with Crippen LogP contribution >= 0.6 is 24.0 Å². The Balaban J connectivity index is 0.00000420. The number of hydrogen-bond acceptors (Lipinski definition) is 4. The molecule has 3 N–H and O–H groups in total. The molecule has 2 aromatic carbocycles. The van der Waals surface area contributed by atoms with E-state index in [2.05, 4.69) is 15.6 Å². The fourth-order valence-electron chi connectivity index (χ4n) is 2.61. The van der Waals surface area contributed by atoms with Gasteiger partial charge >= 0.3 is 0 Å². The molecule has 1 atom stereocenters. The van der Waals surface area contributed by atoms with Gasteiger partial charge in [0.2, 0.25) is 0 Å². The molecule has 0 fully saturated rings. The van der Waals surface area contributed by atoms with Gasteiger partial charge in [-0.15, -0.1) is 24.0 Å². The highest BCUT2D eigenvalue weighted by Crippen LogP contribution is 2.18. The summed E-state index contributed by atoms with van der Waals surface area (Å²) in [4.78, 5) is 4.59. The Morgan fingerprint density at radius 2 is 1.86 bits per heavy atom. The summed E-state index contributed by atoms with van der Waals surface area (Å²) >= 11 is 0. The SMILES string of the molecule is CCNC(=NCc1ccccc1OCC)NCC(O)COc1cccc(C)c1.I. The number of aliphatic hydroxyl groups excluding tert-OH is 1. The van der Waals surface area contributed by atoms with Crippen LogP contribution in [0.15, 0.2) is 53.5 Å². The average Bonchev–Trinajstić information content (AvgIpc) is 2.70. The van der Waals surface area contributed by atoms with Crippen molar-refractivity contribution in [1.29, 1.82) is 0 Å². The van der Waals surface area contributed by atoms with Gasteiger partial charge < -0.3 is 25.2 Å². The van der Waals surface area contributed by atoms with E-state index in [1.54, 1.807) is 0 Å². The highest BCUT2D eigenvalue weighted by atomic mass is 127. The minimum atomic E-state index is -0.653. The fourth-order valence-corrected chi connectivity index (χ4v) is 2.61. The van der Waals surface area contributed by atoms with Gasteiger partial charge in [-0.3, -0.25) is 0 Å². The second-order valence-corrected chi connectivity index (χ2v) is 6.40.